The minimum atomic E-state index is 0.286. The number of anilines is 2. The molecular formula is C25H28N6O2S. The van der Waals surface area contributed by atoms with Crippen molar-refractivity contribution in [1.82, 2.24) is 14.9 Å². The molecule has 0 fully saturated rings. The summed E-state index contributed by atoms with van der Waals surface area (Å²) in [7, 11) is 3.21. The lowest BCUT2D eigenvalue weighted by molar-refractivity contribution is 0.393. The highest BCUT2D eigenvalue weighted by molar-refractivity contribution is 7.80. The number of rotatable bonds is 4. The SMILES string of the molecule is COc1ccc(NC(=S)/N=C(/Nc2nc(C)cc(C)n2)N2CCc3ccccc3C2)c(OC)c1. The molecule has 2 heterocycles. The van der Waals surface area contributed by atoms with Crippen LogP contribution in [-0.2, 0) is 13.0 Å². The Morgan fingerprint density at radius 1 is 0.971 bits per heavy atom. The Morgan fingerprint density at radius 2 is 1.71 bits per heavy atom. The third-order valence-electron chi connectivity index (χ3n) is 5.49. The van der Waals surface area contributed by atoms with Crippen LogP contribution >= 0.6 is 12.2 Å². The number of hydrogen-bond acceptors (Lipinski definition) is 5. The first-order chi connectivity index (χ1) is 16.4. The van der Waals surface area contributed by atoms with Crippen molar-refractivity contribution in [2.24, 2.45) is 4.99 Å². The lowest BCUT2D eigenvalue weighted by atomic mass is 10.0. The Labute approximate surface area is 205 Å². The van der Waals surface area contributed by atoms with Crippen molar-refractivity contribution in [3.05, 3.63) is 71.0 Å². The quantitative estimate of drug-likeness (QED) is 0.327. The van der Waals surface area contributed by atoms with Gasteiger partial charge in [-0.3, -0.25) is 5.32 Å². The Kier molecular flexibility index (Phi) is 7.22. The van der Waals surface area contributed by atoms with E-state index in [0.717, 1.165) is 24.4 Å². The summed E-state index contributed by atoms with van der Waals surface area (Å²) >= 11 is 5.60. The second-order valence-electron chi connectivity index (χ2n) is 7.97. The average molecular weight is 477 g/mol. The number of aromatic nitrogens is 2. The van der Waals surface area contributed by atoms with E-state index in [9.17, 15) is 0 Å². The molecule has 0 spiro atoms. The fourth-order valence-corrected chi connectivity index (χ4v) is 4.07. The molecule has 176 valence electrons. The molecule has 9 heteroatoms. The lowest BCUT2D eigenvalue weighted by Gasteiger charge is -2.31. The first-order valence-corrected chi connectivity index (χ1v) is 11.4. The van der Waals surface area contributed by atoms with Crippen LogP contribution in [0.4, 0.5) is 11.6 Å². The fourth-order valence-electron chi connectivity index (χ4n) is 3.88. The Bertz CT molecular complexity index is 1210. The topological polar surface area (TPSA) is 83.9 Å². The van der Waals surface area contributed by atoms with Gasteiger partial charge in [0.1, 0.15) is 11.5 Å². The van der Waals surface area contributed by atoms with Crippen molar-refractivity contribution in [2.75, 3.05) is 31.4 Å². The van der Waals surface area contributed by atoms with E-state index in [1.54, 1.807) is 20.3 Å². The smallest absolute Gasteiger partial charge is 0.229 e. The summed E-state index contributed by atoms with van der Waals surface area (Å²) in [5.74, 6) is 2.37. The number of ether oxygens (including phenoxy) is 2. The van der Waals surface area contributed by atoms with Crippen LogP contribution < -0.4 is 20.1 Å². The molecule has 2 aromatic carbocycles. The highest BCUT2D eigenvalue weighted by Gasteiger charge is 2.21. The zero-order valence-corrected chi connectivity index (χ0v) is 20.6. The second-order valence-corrected chi connectivity index (χ2v) is 8.36. The number of fused-ring (bicyclic) bond motifs is 1. The number of hydrogen-bond donors (Lipinski definition) is 2. The summed E-state index contributed by atoms with van der Waals surface area (Å²) < 4.78 is 10.8. The van der Waals surface area contributed by atoms with Crippen LogP contribution in [0.3, 0.4) is 0 Å². The number of aliphatic imine (C=N–C) groups is 1. The molecule has 0 radical (unpaired) electrons. The van der Waals surface area contributed by atoms with Gasteiger partial charge in [0.05, 0.1) is 19.9 Å². The van der Waals surface area contributed by atoms with Gasteiger partial charge < -0.3 is 19.7 Å². The van der Waals surface area contributed by atoms with E-state index in [0.29, 0.717) is 35.6 Å². The largest absolute Gasteiger partial charge is 0.497 e. The van der Waals surface area contributed by atoms with E-state index >= 15 is 0 Å². The molecule has 34 heavy (non-hydrogen) atoms. The number of guanidine groups is 1. The molecule has 0 unspecified atom stereocenters. The van der Waals surface area contributed by atoms with Crippen LogP contribution in [0, 0.1) is 13.8 Å². The molecule has 0 amide bonds. The monoisotopic (exact) mass is 476 g/mol. The molecule has 1 aromatic heterocycles. The molecule has 4 rings (SSSR count). The van der Waals surface area contributed by atoms with Gasteiger partial charge in [-0.2, -0.15) is 4.99 Å². The molecule has 0 saturated heterocycles. The standard InChI is InChI=1S/C25H28N6O2S/c1-16-13-17(2)27-23(26-16)29-24(31-12-11-18-7-5-6-8-19(18)15-31)30-25(34)28-21-10-9-20(32-3)14-22(21)33-4/h5-10,13-14H,11-12,15H2,1-4H3,(H2,26,27,28,29,30,34). The first kappa shape index (κ1) is 23.4. The van der Waals surface area contributed by atoms with Crippen LogP contribution in [0.15, 0.2) is 53.5 Å². The second kappa shape index (κ2) is 10.5. The third kappa shape index (κ3) is 5.60. The summed E-state index contributed by atoms with van der Waals surface area (Å²) in [4.78, 5) is 15.9. The number of methoxy groups -OCH3 is 2. The van der Waals surface area contributed by atoms with Crippen molar-refractivity contribution in [3.63, 3.8) is 0 Å². The Morgan fingerprint density at radius 3 is 2.41 bits per heavy atom. The zero-order valence-electron chi connectivity index (χ0n) is 19.8. The maximum Gasteiger partial charge on any atom is 0.229 e. The average Bonchev–Trinajstić information content (AvgIpc) is 2.83. The van der Waals surface area contributed by atoms with Gasteiger partial charge in [0.2, 0.25) is 17.0 Å². The summed E-state index contributed by atoms with van der Waals surface area (Å²) in [6.45, 7) is 5.38. The summed E-state index contributed by atoms with van der Waals surface area (Å²) in [6, 6.07) is 15.9. The van der Waals surface area contributed by atoms with Crippen molar-refractivity contribution in [3.8, 4) is 11.5 Å². The number of nitrogens with zero attached hydrogens (tertiary/aromatic N) is 4. The molecule has 0 aliphatic carbocycles. The summed E-state index contributed by atoms with van der Waals surface area (Å²) in [6.07, 6.45) is 0.914. The number of benzene rings is 2. The molecule has 0 saturated carbocycles. The van der Waals surface area contributed by atoms with Gasteiger partial charge in [-0.25, -0.2) is 9.97 Å². The molecule has 0 bridgehead atoms. The van der Waals surface area contributed by atoms with Gasteiger partial charge in [-0.1, -0.05) is 24.3 Å². The summed E-state index contributed by atoms with van der Waals surface area (Å²) in [5, 5.41) is 6.75. The van der Waals surface area contributed by atoms with Crippen molar-refractivity contribution >= 4 is 34.9 Å². The predicted molar refractivity (Wildman–Crippen MR) is 139 cm³/mol. The molecule has 2 N–H and O–H groups in total. The van der Waals surface area contributed by atoms with E-state index in [-0.39, 0.29) is 5.11 Å². The lowest BCUT2D eigenvalue weighted by Crippen LogP contribution is -2.41. The van der Waals surface area contributed by atoms with Crippen molar-refractivity contribution < 1.29 is 9.47 Å². The van der Waals surface area contributed by atoms with E-state index in [4.69, 9.17) is 26.7 Å². The van der Waals surface area contributed by atoms with Crippen molar-refractivity contribution in [1.29, 1.82) is 0 Å². The maximum atomic E-state index is 5.60. The van der Waals surface area contributed by atoms with Crippen LogP contribution in [0.2, 0.25) is 0 Å². The number of thiocarbonyl (C=S) groups is 1. The number of aryl methyl sites for hydroxylation is 2. The minimum absolute atomic E-state index is 0.286. The van der Waals surface area contributed by atoms with Gasteiger partial charge >= 0.3 is 0 Å². The first-order valence-electron chi connectivity index (χ1n) is 11.0. The predicted octanol–water partition coefficient (Wildman–Crippen LogP) is 4.33. The van der Waals surface area contributed by atoms with Crippen LogP contribution in [0.25, 0.3) is 0 Å². The van der Waals surface area contributed by atoms with Gasteiger partial charge in [0.25, 0.3) is 0 Å². The van der Waals surface area contributed by atoms with Gasteiger partial charge in [0, 0.05) is 30.5 Å². The van der Waals surface area contributed by atoms with Crippen LogP contribution in [0.5, 0.6) is 11.5 Å². The highest BCUT2D eigenvalue weighted by atomic mass is 32.1. The van der Waals surface area contributed by atoms with E-state index in [2.05, 4.69) is 49.8 Å². The van der Waals surface area contributed by atoms with E-state index in [1.165, 1.54) is 11.1 Å². The van der Waals surface area contributed by atoms with E-state index < -0.39 is 0 Å². The fraction of sp³-hybridized carbons (Fsp3) is 0.280. The Balaban J connectivity index is 1.62. The maximum absolute atomic E-state index is 5.60. The molecule has 3 aromatic rings. The normalized spacial score (nSPS) is 13.2. The van der Waals surface area contributed by atoms with Gasteiger partial charge in [-0.15, -0.1) is 0 Å². The van der Waals surface area contributed by atoms with Crippen molar-refractivity contribution in [2.45, 2.75) is 26.8 Å². The minimum Gasteiger partial charge on any atom is -0.497 e. The molecule has 8 nitrogen and oxygen atoms in total. The molecule has 0 atom stereocenters. The third-order valence-corrected chi connectivity index (χ3v) is 5.69. The summed E-state index contributed by atoms with van der Waals surface area (Å²) in [5.41, 5.74) is 5.07. The van der Waals surface area contributed by atoms with Crippen LogP contribution in [-0.4, -0.2) is 46.7 Å². The molecule has 1 aliphatic heterocycles. The Hall–Kier alpha value is -3.72. The van der Waals surface area contributed by atoms with Gasteiger partial charge in [-0.05, 0) is 61.8 Å². The van der Waals surface area contributed by atoms with Gasteiger partial charge in [0.15, 0.2) is 0 Å². The number of nitrogens with one attached hydrogen (secondary N) is 2. The zero-order chi connectivity index (χ0) is 24.1. The van der Waals surface area contributed by atoms with Crippen LogP contribution in [0.1, 0.15) is 22.5 Å². The van der Waals surface area contributed by atoms with E-state index in [1.807, 2.05) is 32.0 Å². The molecule has 1 aliphatic rings. The molecular weight excluding hydrogens is 448 g/mol. The highest BCUT2D eigenvalue weighted by Crippen LogP contribution is 2.29.